The number of rotatable bonds is 5. The number of nitrogens with zero attached hydrogens (tertiary/aromatic N) is 2. The summed E-state index contributed by atoms with van der Waals surface area (Å²) in [5.41, 5.74) is -0.293. The molecule has 1 saturated carbocycles. The SMILES string of the molecule is CN1CCN(C(=O)C2(C(=O)NCCc3ccccc3F)CC2)CC1. The Morgan fingerprint density at radius 3 is 2.46 bits per heavy atom. The highest BCUT2D eigenvalue weighted by Crippen LogP contribution is 2.47. The van der Waals surface area contributed by atoms with Crippen molar-refractivity contribution in [3.63, 3.8) is 0 Å². The fourth-order valence-corrected chi connectivity index (χ4v) is 3.16. The second-order valence-corrected chi connectivity index (χ2v) is 6.77. The number of carbonyl (C=O) groups excluding carboxylic acids is 2. The van der Waals surface area contributed by atoms with E-state index in [-0.39, 0.29) is 17.6 Å². The average Bonchev–Trinajstić information content (AvgIpc) is 3.38. The number of benzene rings is 1. The number of hydrogen-bond donors (Lipinski definition) is 1. The highest BCUT2D eigenvalue weighted by molar-refractivity contribution is 6.07. The van der Waals surface area contributed by atoms with E-state index in [1.165, 1.54) is 6.07 Å². The van der Waals surface area contributed by atoms with Crippen molar-refractivity contribution in [3.8, 4) is 0 Å². The van der Waals surface area contributed by atoms with Gasteiger partial charge in [-0.05, 0) is 37.9 Å². The molecule has 1 heterocycles. The number of hydrogen-bond acceptors (Lipinski definition) is 3. The topological polar surface area (TPSA) is 52.7 Å². The third kappa shape index (κ3) is 3.43. The van der Waals surface area contributed by atoms with Crippen LogP contribution in [0.3, 0.4) is 0 Å². The average molecular weight is 333 g/mol. The van der Waals surface area contributed by atoms with Crippen molar-refractivity contribution in [2.45, 2.75) is 19.3 Å². The Labute approximate surface area is 141 Å². The molecule has 1 aliphatic heterocycles. The summed E-state index contributed by atoms with van der Waals surface area (Å²) in [5.74, 6) is -0.511. The third-order valence-electron chi connectivity index (χ3n) is 5.02. The van der Waals surface area contributed by atoms with Gasteiger partial charge in [-0.3, -0.25) is 9.59 Å². The summed E-state index contributed by atoms with van der Waals surface area (Å²) in [6, 6.07) is 6.55. The van der Waals surface area contributed by atoms with Crippen molar-refractivity contribution < 1.29 is 14.0 Å². The molecule has 1 saturated heterocycles. The Balaban J connectivity index is 1.52. The van der Waals surface area contributed by atoms with Gasteiger partial charge in [0, 0.05) is 32.7 Å². The van der Waals surface area contributed by atoms with E-state index in [0.29, 0.717) is 44.5 Å². The fourth-order valence-electron chi connectivity index (χ4n) is 3.16. The zero-order valence-corrected chi connectivity index (χ0v) is 14.1. The van der Waals surface area contributed by atoms with Crippen LogP contribution in [0.5, 0.6) is 0 Å². The van der Waals surface area contributed by atoms with E-state index >= 15 is 0 Å². The number of halogens is 1. The minimum absolute atomic E-state index is 0.0426. The molecule has 1 N–H and O–H groups in total. The highest BCUT2D eigenvalue weighted by atomic mass is 19.1. The molecule has 2 fully saturated rings. The molecule has 1 aromatic rings. The van der Waals surface area contributed by atoms with E-state index in [1.807, 2.05) is 11.9 Å². The number of carbonyl (C=O) groups is 2. The van der Waals surface area contributed by atoms with E-state index in [2.05, 4.69) is 10.2 Å². The molecular weight excluding hydrogens is 309 g/mol. The van der Waals surface area contributed by atoms with E-state index in [9.17, 15) is 14.0 Å². The summed E-state index contributed by atoms with van der Waals surface area (Å²) in [6.45, 7) is 3.39. The largest absolute Gasteiger partial charge is 0.355 e. The summed E-state index contributed by atoms with van der Waals surface area (Å²) < 4.78 is 13.6. The maximum absolute atomic E-state index is 13.6. The Morgan fingerprint density at radius 2 is 1.83 bits per heavy atom. The summed E-state index contributed by atoms with van der Waals surface area (Å²) in [5, 5.41) is 2.83. The van der Waals surface area contributed by atoms with E-state index < -0.39 is 5.41 Å². The first kappa shape index (κ1) is 16.9. The lowest BCUT2D eigenvalue weighted by atomic mass is 10.0. The van der Waals surface area contributed by atoms with Gasteiger partial charge in [-0.25, -0.2) is 4.39 Å². The van der Waals surface area contributed by atoms with Gasteiger partial charge in [0.05, 0.1) is 0 Å². The maximum atomic E-state index is 13.6. The van der Waals surface area contributed by atoms with E-state index in [1.54, 1.807) is 18.2 Å². The first-order chi connectivity index (χ1) is 11.5. The van der Waals surface area contributed by atoms with Crippen molar-refractivity contribution in [1.82, 2.24) is 15.1 Å². The second-order valence-electron chi connectivity index (χ2n) is 6.77. The van der Waals surface area contributed by atoms with Crippen LogP contribution < -0.4 is 5.32 Å². The van der Waals surface area contributed by atoms with Crippen molar-refractivity contribution in [2.24, 2.45) is 5.41 Å². The van der Waals surface area contributed by atoms with Gasteiger partial charge in [-0.1, -0.05) is 18.2 Å². The first-order valence-corrected chi connectivity index (χ1v) is 8.52. The summed E-state index contributed by atoms with van der Waals surface area (Å²) in [4.78, 5) is 29.2. The second kappa shape index (κ2) is 6.89. The molecular formula is C18H24FN3O2. The minimum atomic E-state index is -0.870. The maximum Gasteiger partial charge on any atom is 0.238 e. The molecule has 0 unspecified atom stereocenters. The van der Waals surface area contributed by atoms with Gasteiger partial charge in [0.1, 0.15) is 11.2 Å². The molecule has 6 heteroatoms. The number of likely N-dealkylation sites (N-methyl/N-ethyl adjacent to an activating group) is 1. The van der Waals surface area contributed by atoms with Gasteiger partial charge in [0.25, 0.3) is 0 Å². The molecule has 0 atom stereocenters. The van der Waals surface area contributed by atoms with Gasteiger partial charge < -0.3 is 15.1 Å². The quantitative estimate of drug-likeness (QED) is 0.819. The molecule has 1 aromatic carbocycles. The van der Waals surface area contributed by atoms with Gasteiger partial charge in [-0.15, -0.1) is 0 Å². The molecule has 0 aromatic heterocycles. The standard InChI is InChI=1S/C18H24FN3O2/c1-21-10-12-22(13-11-21)17(24)18(7-8-18)16(23)20-9-6-14-4-2-3-5-15(14)19/h2-5H,6-13H2,1H3,(H,20,23). The summed E-state index contributed by atoms with van der Waals surface area (Å²) in [6.07, 6.45) is 1.66. The monoisotopic (exact) mass is 333 g/mol. The number of amides is 2. The lowest BCUT2D eigenvalue weighted by Crippen LogP contribution is -2.52. The lowest BCUT2D eigenvalue weighted by molar-refractivity contribution is -0.145. The molecule has 24 heavy (non-hydrogen) atoms. The Hall–Kier alpha value is -1.95. The molecule has 1 aliphatic carbocycles. The van der Waals surface area contributed by atoms with Crippen LogP contribution in [0, 0.1) is 11.2 Å². The van der Waals surface area contributed by atoms with Gasteiger partial charge in [0.15, 0.2) is 0 Å². The van der Waals surface area contributed by atoms with Crippen LogP contribution in [-0.2, 0) is 16.0 Å². The fraction of sp³-hybridized carbons (Fsp3) is 0.556. The van der Waals surface area contributed by atoms with Crippen LogP contribution >= 0.6 is 0 Å². The van der Waals surface area contributed by atoms with Gasteiger partial charge in [0.2, 0.25) is 11.8 Å². The third-order valence-corrected chi connectivity index (χ3v) is 5.02. The van der Waals surface area contributed by atoms with Crippen LogP contribution in [-0.4, -0.2) is 61.4 Å². The van der Waals surface area contributed by atoms with Crippen LogP contribution in [0.1, 0.15) is 18.4 Å². The first-order valence-electron chi connectivity index (χ1n) is 8.52. The zero-order chi connectivity index (χ0) is 17.2. The molecule has 3 rings (SSSR count). The zero-order valence-electron chi connectivity index (χ0n) is 14.1. The van der Waals surface area contributed by atoms with Crippen molar-refractivity contribution >= 4 is 11.8 Å². The predicted molar refractivity (Wildman–Crippen MR) is 88.9 cm³/mol. The van der Waals surface area contributed by atoms with E-state index in [4.69, 9.17) is 0 Å². The number of nitrogens with one attached hydrogen (secondary N) is 1. The van der Waals surface area contributed by atoms with Gasteiger partial charge in [-0.2, -0.15) is 0 Å². The van der Waals surface area contributed by atoms with Gasteiger partial charge >= 0.3 is 0 Å². The minimum Gasteiger partial charge on any atom is -0.355 e. The van der Waals surface area contributed by atoms with Crippen LogP contribution in [0.4, 0.5) is 4.39 Å². The smallest absolute Gasteiger partial charge is 0.238 e. The molecule has 0 radical (unpaired) electrons. The molecule has 0 spiro atoms. The highest BCUT2D eigenvalue weighted by Gasteiger charge is 2.57. The molecule has 5 nitrogen and oxygen atoms in total. The lowest BCUT2D eigenvalue weighted by Gasteiger charge is -2.34. The van der Waals surface area contributed by atoms with E-state index in [0.717, 1.165) is 13.1 Å². The molecule has 130 valence electrons. The molecule has 2 amide bonds. The Kier molecular flexibility index (Phi) is 4.85. The molecule has 2 aliphatic rings. The Bertz CT molecular complexity index is 622. The summed E-state index contributed by atoms with van der Waals surface area (Å²) in [7, 11) is 2.03. The van der Waals surface area contributed by atoms with Crippen LogP contribution in [0.25, 0.3) is 0 Å². The molecule has 0 bridgehead atoms. The van der Waals surface area contributed by atoms with Crippen LogP contribution in [0.2, 0.25) is 0 Å². The predicted octanol–water partition coefficient (Wildman–Crippen LogP) is 1.04. The summed E-state index contributed by atoms with van der Waals surface area (Å²) >= 11 is 0. The normalized spacial score (nSPS) is 19.8. The van der Waals surface area contributed by atoms with Crippen molar-refractivity contribution in [2.75, 3.05) is 39.8 Å². The van der Waals surface area contributed by atoms with Crippen molar-refractivity contribution in [3.05, 3.63) is 35.6 Å². The number of piperazine rings is 1. The Morgan fingerprint density at radius 1 is 1.17 bits per heavy atom. The van der Waals surface area contributed by atoms with Crippen LogP contribution in [0.15, 0.2) is 24.3 Å². The van der Waals surface area contributed by atoms with Crippen molar-refractivity contribution in [1.29, 1.82) is 0 Å².